The highest BCUT2D eigenvalue weighted by atomic mass is 32.1. The first-order valence-corrected chi connectivity index (χ1v) is 10.6. The van der Waals surface area contributed by atoms with E-state index in [-0.39, 0.29) is 39.3 Å². The van der Waals surface area contributed by atoms with Crippen molar-refractivity contribution in [3.05, 3.63) is 91.7 Å². The Morgan fingerprint density at radius 2 is 1.85 bits per heavy atom. The molecule has 4 aromatic rings. The molecular weight excluding hydrogens is 448 g/mol. The van der Waals surface area contributed by atoms with Crippen molar-refractivity contribution in [2.24, 2.45) is 0 Å². The zero-order chi connectivity index (χ0) is 23.5. The molecule has 0 aliphatic heterocycles. The minimum Gasteiger partial charge on any atom is -0.461 e. The summed E-state index contributed by atoms with van der Waals surface area (Å²) >= 11 is 1.06. The van der Waals surface area contributed by atoms with Crippen LogP contribution in [0.1, 0.15) is 27.8 Å². The van der Waals surface area contributed by atoms with Crippen molar-refractivity contribution in [1.29, 1.82) is 0 Å². The average molecular weight is 464 g/mol. The van der Waals surface area contributed by atoms with Gasteiger partial charge in [0.25, 0.3) is 17.2 Å². The van der Waals surface area contributed by atoms with Gasteiger partial charge in [0.05, 0.1) is 22.6 Å². The molecule has 2 aromatic heterocycles. The Hall–Kier alpha value is -4.38. The van der Waals surface area contributed by atoms with Gasteiger partial charge in [0.1, 0.15) is 5.00 Å². The largest absolute Gasteiger partial charge is 0.461 e. The number of nitro groups is 1. The molecule has 0 bridgehead atoms. The minimum absolute atomic E-state index is 0.0533. The fourth-order valence-corrected chi connectivity index (χ4v) is 4.08. The van der Waals surface area contributed by atoms with Crippen molar-refractivity contribution in [2.75, 3.05) is 11.9 Å². The van der Waals surface area contributed by atoms with Crippen LogP contribution in [0.5, 0.6) is 0 Å². The van der Waals surface area contributed by atoms with Gasteiger partial charge >= 0.3 is 5.97 Å². The van der Waals surface area contributed by atoms with Crippen molar-refractivity contribution in [2.45, 2.75) is 6.92 Å². The summed E-state index contributed by atoms with van der Waals surface area (Å²) in [6.07, 6.45) is 0. The van der Waals surface area contributed by atoms with E-state index in [1.54, 1.807) is 42.6 Å². The third-order valence-corrected chi connectivity index (χ3v) is 5.58. The standard InChI is InChI=1S/C22H16N4O6S/c1-2-32-22(29)18-16-12-33-20(23-19(27)13-8-10-15(11-9-13)26(30)31)17(16)21(28)25(24-18)14-6-4-3-5-7-14/h3-12H,2H2,1H3,(H,23,27). The van der Waals surface area contributed by atoms with Crippen molar-refractivity contribution >= 4 is 44.7 Å². The van der Waals surface area contributed by atoms with Crippen LogP contribution < -0.4 is 10.9 Å². The molecule has 0 atom stereocenters. The van der Waals surface area contributed by atoms with Gasteiger partial charge in [-0.25, -0.2) is 4.79 Å². The molecule has 11 heteroatoms. The highest BCUT2D eigenvalue weighted by molar-refractivity contribution is 7.16. The van der Waals surface area contributed by atoms with Crippen LogP contribution in [0.3, 0.4) is 0 Å². The Labute approximate surface area is 190 Å². The highest BCUT2D eigenvalue weighted by Crippen LogP contribution is 2.31. The van der Waals surface area contributed by atoms with Gasteiger partial charge in [0, 0.05) is 28.5 Å². The lowest BCUT2D eigenvalue weighted by Crippen LogP contribution is -2.25. The van der Waals surface area contributed by atoms with E-state index in [4.69, 9.17) is 4.74 Å². The smallest absolute Gasteiger partial charge is 0.359 e. The summed E-state index contributed by atoms with van der Waals surface area (Å²) in [6.45, 7) is 1.78. The number of rotatable bonds is 6. The van der Waals surface area contributed by atoms with Gasteiger partial charge in [-0.15, -0.1) is 11.3 Å². The predicted octanol–water partition coefficient (Wildman–Crippen LogP) is 3.78. The fraction of sp³-hybridized carbons (Fsp3) is 0.0909. The van der Waals surface area contributed by atoms with Gasteiger partial charge in [-0.3, -0.25) is 19.7 Å². The lowest BCUT2D eigenvalue weighted by atomic mass is 10.2. The number of benzene rings is 2. The fourth-order valence-electron chi connectivity index (χ4n) is 3.15. The second kappa shape index (κ2) is 9.01. The van der Waals surface area contributed by atoms with Crippen LogP contribution in [-0.4, -0.2) is 33.2 Å². The molecule has 2 aromatic carbocycles. The summed E-state index contributed by atoms with van der Waals surface area (Å²) in [5.74, 6) is -1.26. The molecule has 166 valence electrons. The summed E-state index contributed by atoms with van der Waals surface area (Å²) in [5, 5.41) is 19.9. The van der Waals surface area contributed by atoms with Crippen LogP contribution in [0.2, 0.25) is 0 Å². The molecule has 0 saturated carbocycles. The van der Waals surface area contributed by atoms with Crippen LogP contribution >= 0.6 is 11.3 Å². The zero-order valence-electron chi connectivity index (χ0n) is 17.2. The number of nitro benzene ring substituents is 1. The molecule has 4 rings (SSSR count). The van der Waals surface area contributed by atoms with Gasteiger partial charge in [-0.1, -0.05) is 18.2 Å². The summed E-state index contributed by atoms with van der Waals surface area (Å²) in [5.41, 5.74) is -0.116. The van der Waals surface area contributed by atoms with Crippen molar-refractivity contribution < 1.29 is 19.2 Å². The maximum atomic E-state index is 13.3. The number of carbonyl (C=O) groups is 2. The number of carbonyl (C=O) groups excluding carboxylic acids is 2. The van der Waals surface area contributed by atoms with E-state index >= 15 is 0 Å². The molecule has 0 radical (unpaired) electrons. The van der Waals surface area contributed by atoms with Gasteiger partial charge in [0.2, 0.25) is 0 Å². The second-order valence-electron chi connectivity index (χ2n) is 6.73. The summed E-state index contributed by atoms with van der Waals surface area (Å²) in [6, 6.07) is 13.6. The Morgan fingerprint density at radius 3 is 2.48 bits per heavy atom. The maximum absolute atomic E-state index is 13.3. The van der Waals surface area contributed by atoms with E-state index < -0.39 is 22.4 Å². The number of anilines is 1. The van der Waals surface area contributed by atoms with E-state index in [2.05, 4.69) is 10.4 Å². The minimum atomic E-state index is -0.696. The van der Waals surface area contributed by atoms with E-state index in [0.29, 0.717) is 5.69 Å². The number of nitrogens with one attached hydrogen (secondary N) is 1. The number of esters is 1. The average Bonchev–Trinajstić information content (AvgIpc) is 3.24. The molecule has 2 heterocycles. The van der Waals surface area contributed by atoms with Crippen LogP contribution in [0.15, 0.2) is 64.8 Å². The number of aromatic nitrogens is 2. The molecule has 0 spiro atoms. The molecular formula is C22H16N4O6S. The molecule has 10 nitrogen and oxygen atoms in total. The molecule has 0 aliphatic carbocycles. The number of hydrogen-bond acceptors (Lipinski definition) is 8. The van der Waals surface area contributed by atoms with Gasteiger partial charge < -0.3 is 10.1 Å². The normalized spacial score (nSPS) is 10.7. The molecule has 0 saturated heterocycles. The number of thiophene rings is 1. The molecule has 0 unspecified atom stereocenters. The third kappa shape index (κ3) is 4.21. The molecule has 0 aliphatic rings. The Balaban J connectivity index is 1.82. The van der Waals surface area contributed by atoms with Gasteiger partial charge in [0.15, 0.2) is 5.69 Å². The molecule has 1 N–H and O–H groups in total. The number of hydrogen-bond donors (Lipinski definition) is 1. The summed E-state index contributed by atoms with van der Waals surface area (Å²) in [7, 11) is 0. The first-order valence-electron chi connectivity index (χ1n) is 9.73. The summed E-state index contributed by atoms with van der Waals surface area (Å²) in [4.78, 5) is 48.9. The van der Waals surface area contributed by atoms with Crippen molar-refractivity contribution in [3.63, 3.8) is 0 Å². The first kappa shape index (κ1) is 21.8. The van der Waals surface area contributed by atoms with E-state index in [9.17, 15) is 24.5 Å². The molecule has 0 fully saturated rings. The lowest BCUT2D eigenvalue weighted by Gasteiger charge is -2.10. The quantitative estimate of drug-likeness (QED) is 0.261. The Bertz CT molecular complexity index is 1430. The predicted molar refractivity (Wildman–Crippen MR) is 122 cm³/mol. The highest BCUT2D eigenvalue weighted by Gasteiger charge is 2.23. The molecule has 1 amide bonds. The molecule has 33 heavy (non-hydrogen) atoms. The first-order chi connectivity index (χ1) is 15.9. The monoisotopic (exact) mass is 464 g/mol. The Morgan fingerprint density at radius 1 is 1.15 bits per heavy atom. The number of para-hydroxylation sites is 1. The van der Waals surface area contributed by atoms with Crippen molar-refractivity contribution in [1.82, 2.24) is 9.78 Å². The number of non-ortho nitro benzene ring substituents is 1. The van der Waals surface area contributed by atoms with Gasteiger partial charge in [-0.05, 0) is 31.2 Å². The third-order valence-electron chi connectivity index (χ3n) is 4.69. The van der Waals surface area contributed by atoms with E-state index in [0.717, 1.165) is 16.0 Å². The Kier molecular flexibility index (Phi) is 5.96. The van der Waals surface area contributed by atoms with Crippen LogP contribution in [0.25, 0.3) is 16.5 Å². The zero-order valence-corrected chi connectivity index (χ0v) is 18.0. The second-order valence-corrected chi connectivity index (χ2v) is 7.61. The van der Waals surface area contributed by atoms with Crippen LogP contribution in [0.4, 0.5) is 10.7 Å². The van der Waals surface area contributed by atoms with Gasteiger partial charge in [-0.2, -0.15) is 9.78 Å². The number of fused-ring (bicyclic) bond motifs is 1. The van der Waals surface area contributed by atoms with Crippen LogP contribution in [0, 0.1) is 10.1 Å². The summed E-state index contributed by atoms with van der Waals surface area (Å²) < 4.78 is 6.19. The van der Waals surface area contributed by atoms with E-state index in [1.807, 2.05) is 0 Å². The SMILES string of the molecule is CCOC(=O)c1nn(-c2ccccc2)c(=O)c2c(NC(=O)c3ccc([N+](=O)[O-])cc3)scc12. The van der Waals surface area contributed by atoms with E-state index in [1.165, 1.54) is 24.3 Å². The topological polar surface area (TPSA) is 133 Å². The van der Waals surface area contributed by atoms with Crippen molar-refractivity contribution in [3.8, 4) is 5.69 Å². The number of ether oxygens (including phenoxy) is 1. The number of nitrogens with zero attached hydrogens (tertiary/aromatic N) is 3. The number of amides is 1. The van der Waals surface area contributed by atoms with Crippen LogP contribution in [-0.2, 0) is 4.74 Å². The maximum Gasteiger partial charge on any atom is 0.359 e. The lowest BCUT2D eigenvalue weighted by molar-refractivity contribution is -0.384.